The van der Waals surface area contributed by atoms with E-state index in [4.69, 9.17) is 5.26 Å². The number of carbonyl (C=O) groups excluding carboxylic acids is 1. The number of Topliss-reactive ketones (excluding diaryl/α,β-unsaturated/α-hetero) is 1. The summed E-state index contributed by atoms with van der Waals surface area (Å²) in [5.41, 5.74) is 2.33. The molecule has 0 N–H and O–H groups in total. The van der Waals surface area contributed by atoms with Gasteiger partial charge in [-0.25, -0.2) is 0 Å². The summed E-state index contributed by atoms with van der Waals surface area (Å²) >= 11 is 2.09. The minimum atomic E-state index is 0.0436. The maximum atomic E-state index is 11.2. The van der Waals surface area contributed by atoms with Gasteiger partial charge in [-0.1, -0.05) is 6.92 Å². The van der Waals surface area contributed by atoms with Gasteiger partial charge in [-0.15, -0.1) is 0 Å². The highest BCUT2D eigenvalue weighted by atomic mass is 127. The number of aryl methyl sites for hydroxylation is 1. The summed E-state index contributed by atoms with van der Waals surface area (Å²) in [4.78, 5) is 11.2. The summed E-state index contributed by atoms with van der Waals surface area (Å²) in [6.45, 7) is 3.52. The zero-order valence-corrected chi connectivity index (χ0v) is 10.3. The molecule has 0 atom stereocenters. The summed E-state index contributed by atoms with van der Waals surface area (Å²) in [6.07, 6.45) is 0.778. The van der Waals surface area contributed by atoms with E-state index in [0.717, 1.165) is 15.6 Å². The molecule has 0 aromatic heterocycles. The predicted octanol–water partition coefficient (Wildman–Crippen LogP) is 2.93. The molecule has 0 aliphatic heterocycles. The highest BCUT2D eigenvalue weighted by Crippen LogP contribution is 2.19. The maximum absolute atomic E-state index is 11.2. The van der Waals surface area contributed by atoms with Crippen molar-refractivity contribution < 1.29 is 4.79 Å². The Labute approximate surface area is 97.1 Å². The zero-order valence-electron chi connectivity index (χ0n) is 8.10. The normalized spacial score (nSPS) is 9.57. The average Bonchev–Trinajstić information content (AvgIpc) is 2.16. The molecule has 0 saturated carbocycles. The van der Waals surface area contributed by atoms with Gasteiger partial charge in [-0.2, -0.15) is 5.26 Å². The largest absolute Gasteiger partial charge is 0.295 e. The second kappa shape index (κ2) is 4.56. The molecule has 0 unspecified atom stereocenters. The van der Waals surface area contributed by atoms with Gasteiger partial charge >= 0.3 is 0 Å². The highest BCUT2D eigenvalue weighted by molar-refractivity contribution is 14.1. The molecule has 1 rings (SSSR count). The Kier molecular flexibility index (Phi) is 3.64. The van der Waals surface area contributed by atoms with E-state index in [2.05, 4.69) is 28.7 Å². The number of nitrogens with zero attached hydrogens (tertiary/aromatic N) is 1. The molecule has 0 bridgehead atoms. The van der Waals surface area contributed by atoms with Crippen LogP contribution in [0.3, 0.4) is 0 Å². The van der Waals surface area contributed by atoms with Gasteiger partial charge in [-0.05, 0) is 53.6 Å². The third-order valence-corrected chi connectivity index (χ3v) is 2.92. The van der Waals surface area contributed by atoms with Crippen molar-refractivity contribution in [2.75, 3.05) is 0 Å². The molecule has 0 fully saturated rings. The molecule has 72 valence electrons. The standard InChI is InChI=1S/C11H10INO/c1-3-8-4-9(7(2)14)5-11(12)10(8)6-13/h4-5H,3H2,1-2H3. The van der Waals surface area contributed by atoms with Crippen LogP contribution in [0.4, 0.5) is 0 Å². The van der Waals surface area contributed by atoms with Crippen molar-refractivity contribution in [2.45, 2.75) is 20.3 Å². The lowest BCUT2D eigenvalue weighted by atomic mass is 10.0. The van der Waals surface area contributed by atoms with Crippen LogP contribution in [0.5, 0.6) is 0 Å². The van der Waals surface area contributed by atoms with Crippen LogP contribution >= 0.6 is 22.6 Å². The van der Waals surface area contributed by atoms with Crippen LogP contribution in [0.25, 0.3) is 0 Å². The van der Waals surface area contributed by atoms with Gasteiger partial charge in [0.2, 0.25) is 0 Å². The molecular weight excluding hydrogens is 289 g/mol. The van der Waals surface area contributed by atoms with Gasteiger partial charge in [0.25, 0.3) is 0 Å². The molecule has 0 spiro atoms. The van der Waals surface area contributed by atoms with Crippen molar-refractivity contribution in [2.24, 2.45) is 0 Å². The SMILES string of the molecule is CCc1cc(C(C)=O)cc(I)c1C#N. The number of rotatable bonds is 2. The van der Waals surface area contributed by atoms with Gasteiger partial charge in [0, 0.05) is 9.13 Å². The van der Waals surface area contributed by atoms with Crippen LogP contribution in [0, 0.1) is 14.9 Å². The van der Waals surface area contributed by atoms with E-state index >= 15 is 0 Å². The van der Waals surface area contributed by atoms with E-state index in [0.29, 0.717) is 11.1 Å². The van der Waals surface area contributed by atoms with Crippen LogP contribution in [0.15, 0.2) is 12.1 Å². The molecule has 3 heteroatoms. The van der Waals surface area contributed by atoms with Crippen LogP contribution in [-0.2, 0) is 6.42 Å². The van der Waals surface area contributed by atoms with Crippen molar-refractivity contribution in [3.63, 3.8) is 0 Å². The number of ketones is 1. The monoisotopic (exact) mass is 299 g/mol. The maximum Gasteiger partial charge on any atom is 0.159 e. The quantitative estimate of drug-likeness (QED) is 0.622. The fourth-order valence-corrected chi connectivity index (χ4v) is 2.07. The Morgan fingerprint density at radius 1 is 1.57 bits per heavy atom. The van der Waals surface area contributed by atoms with Crippen molar-refractivity contribution in [3.8, 4) is 6.07 Å². The highest BCUT2D eigenvalue weighted by Gasteiger charge is 2.09. The van der Waals surface area contributed by atoms with E-state index in [1.165, 1.54) is 6.92 Å². The molecule has 0 radical (unpaired) electrons. The lowest BCUT2D eigenvalue weighted by molar-refractivity contribution is 0.101. The molecule has 1 aromatic rings. The second-order valence-corrected chi connectivity index (χ2v) is 4.18. The summed E-state index contributed by atoms with van der Waals surface area (Å²) in [5.74, 6) is 0.0436. The van der Waals surface area contributed by atoms with E-state index in [9.17, 15) is 4.79 Å². The molecule has 0 aliphatic carbocycles. The average molecular weight is 299 g/mol. The molecule has 14 heavy (non-hydrogen) atoms. The third-order valence-electron chi connectivity index (χ3n) is 2.07. The van der Waals surface area contributed by atoms with E-state index in [-0.39, 0.29) is 5.78 Å². The topological polar surface area (TPSA) is 40.9 Å². The lowest BCUT2D eigenvalue weighted by Gasteiger charge is -2.05. The van der Waals surface area contributed by atoms with Gasteiger partial charge in [0.05, 0.1) is 5.56 Å². The molecule has 0 saturated heterocycles. The van der Waals surface area contributed by atoms with E-state index < -0.39 is 0 Å². The first kappa shape index (κ1) is 11.2. The minimum absolute atomic E-state index is 0.0436. The van der Waals surface area contributed by atoms with Crippen molar-refractivity contribution >= 4 is 28.4 Å². The number of nitriles is 1. The van der Waals surface area contributed by atoms with Gasteiger partial charge in [0.15, 0.2) is 5.78 Å². The predicted molar refractivity (Wildman–Crippen MR) is 63.3 cm³/mol. The van der Waals surface area contributed by atoms with Crippen molar-refractivity contribution in [3.05, 3.63) is 32.4 Å². The zero-order chi connectivity index (χ0) is 10.7. The smallest absolute Gasteiger partial charge is 0.159 e. The Morgan fingerprint density at radius 2 is 2.21 bits per heavy atom. The second-order valence-electron chi connectivity index (χ2n) is 3.01. The molecular formula is C11H10INO. The van der Waals surface area contributed by atoms with Crippen LogP contribution in [-0.4, -0.2) is 5.78 Å². The Bertz CT molecular complexity index is 418. The minimum Gasteiger partial charge on any atom is -0.295 e. The molecule has 0 aliphatic rings. The number of halogens is 1. The Balaban J connectivity index is 3.40. The Morgan fingerprint density at radius 3 is 2.64 bits per heavy atom. The van der Waals surface area contributed by atoms with Crippen molar-refractivity contribution in [1.82, 2.24) is 0 Å². The first-order valence-electron chi connectivity index (χ1n) is 4.33. The third kappa shape index (κ3) is 2.13. The molecule has 2 nitrogen and oxygen atoms in total. The Hall–Kier alpha value is -0.890. The number of hydrogen-bond donors (Lipinski definition) is 0. The van der Waals surface area contributed by atoms with E-state index in [1.807, 2.05) is 13.0 Å². The fraction of sp³-hybridized carbons (Fsp3) is 0.273. The summed E-state index contributed by atoms with van der Waals surface area (Å²) in [5, 5.41) is 8.92. The first-order chi connectivity index (χ1) is 6.60. The fourth-order valence-electron chi connectivity index (χ4n) is 1.27. The number of hydrogen-bond acceptors (Lipinski definition) is 2. The van der Waals surface area contributed by atoms with Crippen molar-refractivity contribution in [1.29, 1.82) is 5.26 Å². The van der Waals surface area contributed by atoms with Gasteiger partial charge in [0.1, 0.15) is 6.07 Å². The summed E-state index contributed by atoms with van der Waals surface area (Å²) in [6, 6.07) is 5.74. The van der Waals surface area contributed by atoms with Crippen LogP contribution in [0.1, 0.15) is 35.3 Å². The van der Waals surface area contributed by atoms with Gasteiger partial charge in [-0.3, -0.25) is 4.79 Å². The molecule has 1 aromatic carbocycles. The van der Waals surface area contributed by atoms with E-state index in [1.54, 1.807) is 6.07 Å². The van der Waals surface area contributed by atoms with Crippen LogP contribution < -0.4 is 0 Å². The lowest BCUT2D eigenvalue weighted by Crippen LogP contribution is -1.99. The molecule has 0 heterocycles. The first-order valence-corrected chi connectivity index (χ1v) is 5.41. The number of carbonyl (C=O) groups is 1. The summed E-state index contributed by atoms with van der Waals surface area (Å²) in [7, 11) is 0. The van der Waals surface area contributed by atoms with Crippen LogP contribution in [0.2, 0.25) is 0 Å². The molecule has 0 amide bonds. The number of benzene rings is 1. The van der Waals surface area contributed by atoms with Gasteiger partial charge < -0.3 is 0 Å². The summed E-state index contributed by atoms with van der Waals surface area (Å²) < 4.78 is 0.856.